The molecule has 0 fully saturated rings. The van der Waals surface area contributed by atoms with Crippen molar-refractivity contribution in [2.45, 2.75) is 0 Å². The van der Waals surface area contributed by atoms with Crippen LogP contribution in [0.25, 0.3) is 0 Å². The first-order valence-corrected chi connectivity index (χ1v) is 4.71. The number of amides is 3. The first-order chi connectivity index (χ1) is 7.74. The van der Waals surface area contributed by atoms with E-state index in [1.165, 1.54) is 6.08 Å². The summed E-state index contributed by atoms with van der Waals surface area (Å²) in [6.07, 6.45) is 2.92. The Labute approximate surface area is 91.8 Å². The lowest BCUT2D eigenvalue weighted by atomic mass is 10.4. The molecule has 0 spiro atoms. The number of aromatic nitrogens is 1. The maximum Gasteiger partial charge on any atom is 0.324 e. The van der Waals surface area contributed by atoms with Crippen LogP contribution in [-0.4, -0.2) is 23.5 Å². The van der Waals surface area contributed by atoms with Crippen molar-refractivity contribution in [3.63, 3.8) is 0 Å². The average Bonchev–Trinajstić information content (AvgIpc) is 2.65. The van der Waals surface area contributed by atoms with Crippen molar-refractivity contribution >= 4 is 17.8 Å². The molecular weight excluding hydrogens is 208 g/mol. The van der Waals surface area contributed by atoms with Crippen molar-refractivity contribution < 1.29 is 9.59 Å². The zero-order valence-electron chi connectivity index (χ0n) is 8.36. The van der Waals surface area contributed by atoms with Crippen LogP contribution < -0.4 is 16.0 Å². The first-order valence-electron chi connectivity index (χ1n) is 4.71. The summed E-state index contributed by atoms with van der Waals surface area (Å²) in [6, 6.07) is 4.78. The SMILES string of the molecule is O=C1C=C(NC(=O)Nc2ccccn2)CN1. The summed E-state index contributed by atoms with van der Waals surface area (Å²) in [5.74, 6) is 0.256. The molecule has 6 heteroatoms. The average molecular weight is 218 g/mol. The molecule has 16 heavy (non-hydrogen) atoms. The highest BCUT2D eigenvalue weighted by Crippen LogP contribution is 2.00. The fraction of sp³-hybridized carbons (Fsp3) is 0.100. The number of rotatable bonds is 2. The summed E-state index contributed by atoms with van der Waals surface area (Å²) < 4.78 is 0. The van der Waals surface area contributed by atoms with E-state index in [-0.39, 0.29) is 5.91 Å². The van der Waals surface area contributed by atoms with Crippen LogP contribution in [0.3, 0.4) is 0 Å². The second-order valence-corrected chi connectivity index (χ2v) is 3.18. The van der Waals surface area contributed by atoms with Gasteiger partial charge in [0.1, 0.15) is 5.82 Å². The highest BCUT2D eigenvalue weighted by molar-refractivity contribution is 5.94. The van der Waals surface area contributed by atoms with Crippen molar-refractivity contribution in [2.75, 3.05) is 11.9 Å². The predicted octanol–water partition coefficient (Wildman–Crippen LogP) is 0.217. The Hall–Kier alpha value is -2.37. The molecule has 0 unspecified atom stereocenters. The topological polar surface area (TPSA) is 83.1 Å². The second kappa shape index (κ2) is 4.43. The molecule has 1 aromatic heterocycles. The molecule has 2 heterocycles. The van der Waals surface area contributed by atoms with Gasteiger partial charge >= 0.3 is 6.03 Å². The molecule has 1 aromatic rings. The molecule has 0 atom stereocenters. The van der Waals surface area contributed by atoms with E-state index >= 15 is 0 Å². The first kappa shape index (κ1) is 10.2. The number of carbonyl (C=O) groups excluding carboxylic acids is 2. The van der Waals surface area contributed by atoms with E-state index in [2.05, 4.69) is 20.9 Å². The lowest BCUT2D eigenvalue weighted by molar-refractivity contribution is -0.115. The molecule has 0 saturated carbocycles. The third-order valence-electron chi connectivity index (χ3n) is 1.94. The van der Waals surface area contributed by atoms with E-state index in [0.717, 1.165) is 0 Å². The quantitative estimate of drug-likeness (QED) is 0.663. The molecule has 3 amide bonds. The number of urea groups is 1. The van der Waals surface area contributed by atoms with Gasteiger partial charge in [-0.1, -0.05) is 6.07 Å². The fourth-order valence-corrected chi connectivity index (χ4v) is 1.25. The largest absolute Gasteiger partial charge is 0.347 e. The van der Waals surface area contributed by atoms with Crippen LogP contribution in [0, 0.1) is 0 Å². The van der Waals surface area contributed by atoms with Crippen LogP contribution in [0.15, 0.2) is 36.2 Å². The Balaban J connectivity index is 1.90. The minimum absolute atomic E-state index is 0.201. The molecule has 1 aliphatic rings. The smallest absolute Gasteiger partial charge is 0.324 e. The number of hydrogen-bond acceptors (Lipinski definition) is 3. The number of anilines is 1. The molecule has 0 aromatic carbocycles. The second-order valence-electron chi connectivity index (χ2n) is 3.18. The Kier molecular flexibility index (Phi) is 2.81. The maximum absolute atomic E-state index is 11.4. The Morgan fingerprint density at radius 3 is 2.88 bits per heavy atom. The molecule has 0 saturated heterocycles. The number of hydrogen-bond donors (Lipinski definition) is 3. The Bertz CT molecular complexity index is 441. The van der Waals surface area contributed by atoms with Gasteiger partial charge in [-0.3, -0.25) is 10.1 Å². The summed E-state index contributed by atoms with van der Waals surface area (Å²) >= 11 is 0. The number of pyridine rings is 1. The lowest BCUT2D eigenvalue weighted by Gasteiger charge is -2.06. The summed E-state index contributed by atoms with van der Waals surface area (Å²) in [5, 5.41) is 7.64. The van der Waals surface area contributed by atoms with E-state index in [4.69, 9.17) is 0 Å². The molecule has 0 aliphatic carbocycles. The summed E-state index contributed by atoms with van der Waals surface area (Å²) in [6.45, 7) is 0.342. The molecular formula is C10H10N4O2. The zero-order chi connectivity index (χ0) is 11.4. The summed E-state index contributed by atoms with van der Waals surface area (Å²) in [7, 11) is 0. The monoisotopic (exact) mass is 218 g/mol. The van der Waals surface area contributed by atoms with Crippen LogP contribution in [-0.2, 0) is 4.79 Å². The molecule has 6 nitrogen and oxygen atoms in total. The van der Waals surface area contributed by atoms with Gasteiger partial charge in [-0.15, -0.1) is 0 Å². The summed E-state index contributed by atoms with van der Waals surface area (Å²) in [4.78, 5) is 26.2. The third-order valence-corrected chi connectivity index (χ3v) is 1.94. The van der Waals surface area contributed by atoms with Gasteiger partial charge in [-0.05, 0) is 12.1 Å². The third kappa shape index (κ3) is 2.57. The van der Waals surface area contributed by atoms with Gasteiger partial charge in [0.15, 0.2) is 0 Å². The molecule has 2 rings (SSSR count). The van der Waals surface area contributed by atoms with Gasteiger partial charge in [0, 0.05) is 18.0 Å². The van der Waals surface area contributed by atoms with E-state index < -0.39 is 6.03 Å². The van der Waals surface area contributed by atoms with Crippen LogP contribution in [0.5, 0.6) is 0 Å². The van der Waals surface area contributed by atoms with E-state index in [1.54, 1.807) is 24.4 Å². The zero-order valence-corrected chi connectivity index (χ0v) is 8.36. The van der Waals surface area contributed by atoms with Gasteiger partial charge in [-0.2, -0.15) is 0 Å². The van der Waals surface area contributed by atoms with Gasteiger partial charge < -0.3 is 10.6 Å². The lowest BCUT2D eigenvalue weighted by Crippen LogP contribution is -2.30. The van der Waals surface area contributed by atoms with Crippen molar-refractivity contribution in [1.29, 1.82) is 0 Å². The predicted molar refractivity (Wildman–Crippen MR) is 57.5 cm³/mol. The maximum atomic E-state index is 11.4. The van der Waals surface area contributed by atoms with E-state index in [1.807, 2.05) is 0 Å². The fourth-order valence-electron chi connectivity index (χ4n) is 1.25. The van der Waals surface area contributed by atoms with Crippen LogP contribution in [0.1, 0.15) is 0 Å². The minimum atomic E-state index is -0.415. The van der Waals surface area contributed by atoms with Crippen molar-refractivity contribution in [2.24, 2.45) is 0 Å². The van der Waals surface area contributed by atoms with E-state index in [9.17, 15) is 9.59 Å². The van der Waals surface area contributed by atoms with Crippen molar-refractivity contribution in [1.82, 2.24) is 15.6 Å². The standard InChI is InChI=1S/C10H10N4O2/c15-9-5-7(6-12-9)13-10(16)14-8-3-1-2-4-11-8/h1-5H,6H2,(H,12,15)(H2,11,13,14,16). The molecule has 3 N–H and O–H groups in total. The number of carbonyl (C=O) groups is 2. The number of nitrogens with one attached hydrogen (secondary N) is 3. The van der Waals surface area contributed by atoms with Crippen molar-refractivity contribution in [3.8, 4) is 0 Å². The van der Waals surface area contributed by atoms with Gasteiger partial charge in [0.25, 0.3) is 0 Å². The highest BCUT2D eigenvalue weighted by atomic mass is 16.2. The molecule has 1 aliphatic heterocycles. The normalized spacial score (nSPS) is 14.0. The van der Waals surface area contributed by atoms with E-state index in [0.29, 0.717) is 18.1 Å². The number of nitrogens with zero attached hydrogens (tertiary/aromatic N) is 1. The Morgan fingerprint density at radius 2 is 2.25 bits per heavy atom. The highest BCUT2D eigenvalue weighted by Gasteiger charge is 2.12. The van der Waals surface area contributed by atoms with Gasteiger partial charge in [-0.25, -0.2) is 9.78 Å². The summed E-state index contributed by atoms with van der Waals surface area (Å²) in [5.41, 5.74) is 0.540. The molecule has 0 bridgehead atoms. The van der Waals surface area contributed by atoms with Crippen LogP contribution in [0.2, 0.25) is 0 Å². The van der Waals surface area contributed by atoms with Gasteiger partial charge in [0.2, 0.25) is 5.91 Å². The minimum Gasteiger partial charge on any atom is -0.347 e. The van der Waals surface area contributed by atoms with Crippen LogP contribution in [0.4, 0.5) is 10.6 Å². The Morgan fingerprint density at radius 1 is 1.38 bits per heavy atom. The van der Waals surface area contributed by atoms with Crippen LogP contribution >= 0.6 is 0 Å². The van der Waals surface area contributed by atoms with Gasteiger partial charge in [0.05, 0.1) is 6.54 Å². The van der Waals surface area contributed by atoms with Crippen molar-refractivity contribution in [3.05, 3.63) is 36.2 Å². The molecule has 82 valence electrons. The molecule has 0 radical (unpaired) electrons.